The Hall–Kier alpha value is -1.18. The second kappa shape index (κ2) is 6.83. The molecule has 7 nitrogen and oxygen atoms in total. The van der Waals surface area contributed by atoms with Crippen LogP contribution in [0.25, 0.3) is 0 Å². The Balaban J connectivity index is 1.85. The molecule has 0 saturated carbocycles. The van der Waals surface area contributed by atoms with Gasteiger partial charge in [-0.1, -0.05) is 18.9 Å². The van der Waals surface area contributed by atoms with Gasteiger partial charge >= 0.3 is 6.01 Å². The molecule has 108 valence electrons. The maximum absolute atomic E-state index is 9.10. The summed E-state index contributed by atoms with van der Waals surface area (Å²) < 4.78 is 11.0. The minimum atomic E-state index is -0.178. The van der Waals surface area contributed by atoms with Crippen molar-refractivity contribution in [3.63, 3.8) is 0 Å². The summed E-state index contributed by atoms with van der Waals surface area (Å²) in [5.74, 6) is 1.18. The van der Waals surface area contributed by atoms with E-state index >= 15 is 0 Å². The zero-order valence-electron chi connectivity index (χ0n) is 11.5. The summed E-state index contributed by atoms with van der Waals surface area (Å²) in [7, 11) is 0. The van der Waals surface area contributed by atoms with E-state index in [0.717, 1.165) is 6.54 Å². The van der Waals surface area contributed by atoms with Gasteiger partial charge in [0.2, 0.25) is 5.89 Å². The Kier molecular flexibility index (Phi) is 5.12. The molecule has 1 unspecified atom stereocenters. The molecule has 1 atom stereocenters. The van der Waals surface area contributed by atoms with Gasteiger partial charge in [0, 0.05) is 6.54 Å². The summed E-state index contributed by atoms with van der Waals surface area (Å²) in [6.07, 6.45) is -0.178. The van der Waals surface area contributed by atoms with Crippen LogP contribution in [0.3, 0.4) is 0 Å². The number of hydrogen-bond donors (Lipinski definition) is 2. The molecule has 0 bridgehead atoms. The lowest BCUT2D eigenvalue weighted by Gasteiger charge is -2.30. The van der Waals surface area contributed by atoms with Crippen LogP contribution in [-0.2, 0) is 11.3 Å². The molecule has 2 rings (SSSR count). The Morgan fingerprint density at radius 1 is 1.47 bits per heavy atom. The molecule has 7 heteroatoms. The van der Waals surface area contributed by atoms with Crippen molar-refractivity contribution in [3.05, 3.63) is 5.89 Å². The molecule has 1 aliphatic heterocycles. The normalized spacial score (nSPS) is 20.2. The van der Waals surface area contributed by atoms with Crippen molar-refractivity contribution < 1.29 is 14.3 Å². The van der Waals surface area contributed by atoms with E-state index in [9.17, 15) is 0 Å². The predicted octanol–water partition coefficient (Wildman–Crippen LogP) is 0.0127. The summed E-state index contributed by atoms with van der Waals surface area (Å²) in [5, 5.41) is 20.4. The highest BCUT2D eigenvalue weighted by Crippen LogP contribution is 2.16. The molecule has 1 saturated heterocycles. The number of rotatable bonds is 6. The zero-order chi connectivity index (χ0) is 13.7. The van der Waals surface area contributed by atoms with Gasteiger partial charge < -0.3 is 24.5 Å². The van der Waals surface area contributed by atoms with Crippen molar-refractivity contribution in [2.45, 2.75) is 26.5 Å². The van der Waals surface area contributed by atoms with Crippen LogP contribution in [0.1, 0.15) is 19.7 Å². The third-order valence-corrected chi connectivity index (χ3v) is 2.90. The van der Waals surface area contributed by atoms with E-state index in [4.69, 9.17) is 14.3 Å². The SMILES string of the molecule is CC(C)CNCc1nnc(N2CCOC(CO)C2)o1. The van der Waals surface area contributed by atoms with E-state index in [0.29, 0.717) is 44.1 Å². The van der Waals surface area contributed by atoms with E-state index in [-0.39, 0.29) is 12.7 Å². The molecule has 1 aliphatic rings. The Labute approximate surface area is 112 Å². The number of aromatic nitrogens is 2. The molecule has 0 radical (unpaired) electrons. The Morgan fingerprint density at radius 2 is 2.32 bits per heavy atom. The van der Waals surface area contributed by atoms with Gasteiger partial charge in [-0.05, 0) is 12.5 Å². The van der Waals surface area contributed by atoms with Crippen LogP contribution in [0.2, 0.25) is 0 Å². The minimum absolute atomic E-state index is 0.00738. The first-order valence-electron chi connectivity index (χ1n) is 6.69. The highest BCUT2D eigenvalue weighted by molar-refractivity contribution is 5.25. The third kappa shape index (κ3) is 4.15. The number of hydrogen-bond acceptors (Lipinski definition) is 7. The monoisotopic (exact) mass is 270 g/mol. The van der Waals surface area contributed by atoms with Crippen LogP contribution < -0.4 is 10.2 Å². The molecule has 1 aromatic rings. The van der Waals surface area contributed by atoms with Gasteiger partial charge in [-0.15, -0.1) is 5.10 Å². The summed E-state index contributed by atoms with van der Waals surface area (Å²) in [6.45, 7) is 7.65. The van der Waals surface area contributed by atoms with Crippen LogP contribution in [0, 0.1) is 5.92 Å². The largest absolute Gasteiger partial charge is 0.407 e. The highest BCUT2D eigenvalue weighted by atomic mass is 16.5. The average molecular weight is 270 g/mol. The molecule has 0 aliphatic carbocycles. The number of nitrogens with zero attached hydrogens (tertiary/aromatic N) is 3. The number of morpholine rings is 1. The number of aliphatic hydroxyl groups excluding tert-OH is 1. The van der Waals surface area contributed by atoms with Gasteiger partial charge in [0.15, 0.2) is 0 Å². The first-order chi connectivity index (χ1) is 9.19. The second-order valence-electron chi connectivity index (χ2n) is 5.12. The Bertz CT molecular complexity index is 383. The quantitative estimate of drug-likeness (QED) is 0.753. The van der Waals surface area contributed by atoms with Crippen LogP contribution in [0.5, 0.6) is 0 Å². The summed E-state index contributed by atoms with van der Waals surface area (Å²) in [6, 6.07) is 0.503. The highest BCUT2D eigenvalue weighted by Gasteiger charge is 2.23. The second-order valence-corrected chi connectivity index (χ2v) is 5.12. The number of anilines is 1. The summed E-state index contributed by atoms with van der Waals surface area (Å²) >= 11 is 0. The van der Waals surface area contributed by atoms with Crippen molar-refractivity contribution in [1.29, 1.82) is 0 Å². The number of ether oxygens (including phenoxy) is 1. The van der Waals surface area contributed by atoms with E-state index < -0.39 is 0 Å². The van der Waals surface area contributed by atoms with E-state index in [1.54, 1.807) is 0 Å². The number of aliphatic hydroxyl groups is 1. The molecular weight excluding hydrogens is 248 g/mol. The van der Waals surface area contributed by atoms with Crippen LogP contribution in [-0.4, -0.2) is 54.3 Å². The summed E-state index contributed by atoms with van der Waals surface area (Å²) in [4.78, 5) is 1.95. The lowest BCUT2D eigenvalue weighted by molar-refractivity contribution is 0.00224. The standard InChI is InChI=1S/C12H22N4O3/c1-9(2)5-13-6-11-14-15-12(19-11)16-3-4-18-10(7-16)8-17/h9-10,13,17H,3-8H2,1-2H3. The van der Waals surface area contributed by atoms with E-state index in [1.165, 1.54) is 0 Å². The molecule has 1 aromatic heterocycles. The molecule has 0 amide bonds. The number of nitrogens with one attached hydrogen (secondary N) is 1. The molecule has 1 fully saturated rings. The first kappa shape index (κ1) is 14.2. The smallest absolute Gasteiger partial charge is 0.318 e. The third-order valence-electron chi connectivity index (χ3n) is 2.90. The van der Waals surface area contributed by atoms with Crippen molar-refractivity contribution in [3.8, 4) is 0 Å². The van der Waals surface area contributed by atoms with Gasteiger partial charge in [0.1, 0.15) is 0 Å². The fourth-order valence-electron chi connectivity index (χ4n) is 1.92. The van der Waals surface area contributed by atoms with Gasteiger partial charge in [0.25, 0.3) is 0 Å². The molecule has 2 N–H and O–H groups in total. The lowest BCUT2D eigenvalue weighted by Crippen LogP contribution is -2.44. The zero-order valence-corrected chi connectivity index (χ0v) is 11.5. The lowest BCUT2D eigenvalue weighted by atomic mass is 10.2. The molecule has 0 aromatic carbocycles. The van der Waals surface area contributed by atoms with Crippen LogP contribution in [0.15, 0.2) is 4.42 Å². The predicted molar refractivity (Wildman–Crippen MR) is 69.9 cm³/mol. The molecule has 19 heavy (non-hydrogen) atoms. The van der Waals surface area contributed by atoms with Gasteiger partial charge in [-0.25, -0.2) is 0 Å². The fourth-order valence-corrected chi connectivity index (χ4v) is 1.92. The fraction of sp³-hybridized carbons (Fsp3) is 0.833. The van der Waals surface area contributed by atoms with Crippen molar-refractivity contribution >= 4 is 6.01 Å². The first-order valence-corrected chi connectivity index (χ1v) is 6.69. The van der Waals surface area contributed by atoms with Crippen LogP contribution in [0.4, 0.5) is 6.01 Å². The minimum Gasteiger partial charge on any atom is -0.407 e. The maximum atomic E-state index is 9.10. The molecular formula is C12H22N4O3. The van der Waals surface area contributed by atoms with Gasteiger partial charge in [-0.3, -0.25) is 0 Å². The van der Waals surface area contributed by atoms with Gasteiger partial charge in [-0.2, -0.15) is 0 Å². The van der Waals surface area contributed by atoms with Crippen molar-refractivity contribution in [1.82, 2.24) is 15.5 Å². The molecule has 2 heterocycles. The topological polar surface area (TPSA) is 83.7 Å². The average Bonchev–Trinajstić information content (AvgIpc) is 2.87. The summed E-state index contributed by atoms with van der Waals surface area (Å²) in [5.41, 5.74) is 0. The molecule has 0 spiro atoms. The van der Waals surface area contributed by atoms with Gasteiger partial charge in [0.05, 0.1) is 32.4 Å². The van der Waals surface area contributed by atoms with Crippen molar-refractivity contribution in [2.24, 2.45) is 5.92 Å². The maximum Gasteiger partial charge on any atom is 0.318 e. The van der Waals surface area contributed by atoms with E-state index in [1.807, 2.05) is 4.90 Å². The van der Waals surface area contributed by atoms with E-state index in [2.05, 4.69) is 29.4 Å². The van der Waals surface area contributed by atoms with Crippen molar-refractivity contribution in [2.75, 3.05) is 37.7 Å². The Morgan fingerprint density at radius 3 is 3.05 bits per heavy atom. The van der Waals surface area contributed by atoms with Crippen LogP contribution >= 0.6 is 0 Å².